The average molecular weight is 481 g/mol. The minimum atomic E-state index is -0.561. The highest BCUT2D eigenvalue weighted by Gasteiger charge is 2.41. The molecule has 0 radical (unpaired) electrons. The summed E-state index contributed by atoms with van der Waals surface area (Å²) in [5.74, 6) is 0.301. The number of carbonyl (C=O) groups is 2. The molecule has 1 spiro atoms. The Hall–Kier alpha value is -3.14. The monoisotopic (exact) mass is 480 g/mol. The van der Waals surface area contributed by atoms with E-state index >= 15 is 0 Å². The molecular weight excluding hydrogens is 452 g/mol. The third-order valence-electron chi connectivity index (χ3n) is 6.37. The van der Waals surface area contributed by atoms with E-state index in [-0.39, 0.29) is 17.7 Å². The van der Waals surface area contributed by atoms with Crippen molar-refractivity contribution in [1.29, 1.82) is 0 Å². The molecule has 10 heteroatoms. The zero-order valence-corrected chi connectivity index (χ0v) is 20.5. The molecule has 2 aromatic heterocycles. The first-order valence-corrected chi connectivity index (χ1v) is 12.3. The van der Waals surface area contributed by atoms with Crippen LogP contribution in [0.3, 0.4) is 0 Å². The molecule has 5 rings (SSSR count). The topological polar surface area (TPSA) is 103 Å². The lowest BCUT2D eigenvalue weighted by molar-refractivity contribution is -0.156. The number of anilines is 1. The molecule has 0 unspecified atom stereocenters. The molecule has 1 aliphatic heterocycles. The molecule has 3 aromatic rings. The van der Waals surface area contributed by atoms with Gasteiger partial charge in [0, 0.05) is 25.1 Å². The van der Waals surface area contributed by atoms with Crippen molar-refractivity contribution in [3.05, 3.63) is 41.6 Å². The van der Waals surface area contributed by atoms with Gasteiger partial charge in [0.05, 0.1) is 11.1 Å². The Bertz CT molecular complexity index is 1220. The van der Waals surface area contributed by atoms with Gasteiger partial charge in [0.1, 0.15) is 5.60 Å². The van der Waals surface area contributed by atoms with Crippen LogP contribution < -0.4 is 4.90 Å². The highest BCUT2D eigenvalue weighted by atomic mass is 32.1. The van der Waals surface area contributed by atoms with Gasteiger partial charge >= 0.3 is 5.97 Å². The molecule has 0 atom stereocenters. The van der Waals surface area contributed by atoms with Crippen molar-refractivity contribution in [3.8, 4) is 10.7 Å². The molecule has 9 nitrogen and oxygen atoms in total. The van der Waals surface area contributed by atoms with E-state index in [1.807, 2.05) is 39.0 Å². The van der Waals surface area contributed by atoms with Gasteiger partial charge in [0.2, 0.25) is 5.82 Å². The molecule has 1 aromatic carbocycles. The second-order valence-corrected chi connectivity index (χ2v) is 11.2. The number of carbonyl (C=O) groups excluding carboxylic acids is 2. The Morgan fingerprint density at radius 2 is 1.94 bits per heavy atom. The Kier molecular flexibility index (Phi) is 5.71. The van der Waals surface area contributed by atoms with Crippen LogP contribution in [-0.4, -0.2) is 55.6 Å². The number of thiazole rings is 1. The molecule has 1 aliphatic carbocycles. The minimum Gasteiger partial charge on any atom is -0.459 e. The number of fused-ring (bicyclic) bond motifs is 1. The number of hydrogen-bond acceptors (Lipinski definition) is 9. The molecular formula is C24H28N6O3S. The van der Waals surface area contributed by atoms with Crippen LogP contribution in [0.5, 0.6) is 0 Å². The summed E-state index contributed by atoms with van der Waals surface area (Å²) in [7, 11) is 0. The van der Waals surface area contributed by atoms with Gasteiger partial charge in [-0.15, -0.1) is 10.2 Å². The highest BCUT2D eigenvalue weighted by molar-refractivity contribution is 7.18. The van der Waals surface area contributed by atoms with Gasteiger partial charge in [-0.1, -0.05) is 35.6 Å². The molecule has 0 N–H and O–H groups in total. The van der Waals surface area contributed by atoms with Gasteiger partial charge in [-0.3, -0.25) is 4.79 Å². The smallest absolute Gasteiger partial charge is 0.330 e. The lowest BCUT2D eigenvalue weighted by atomic mass is 9.66. The fourth-order valence-corrected chi connectivity index (χ4v) is 5.68. The molecule has 1 saturated heterocycles. The van der Waals surface area contributed by atoms with E-state index in [1.165, 1.54) is 21.7 Å². The van der Waals surface area contributed by atoms with Crippen molar-refractivity contribution in [2.24, 2.45) is 5.41 Å². The number of Topliss-reactive ketones (excluding diaryl/α,β-unsaturated/α-hetero) is 1. The lowest BCUT2D eigenvalue weighted by Gasteiger charge is -2.44. The summed E-state index contributed by atoms with van der Waals surface area (Å²) in [6, 6.07) is 8.02. The van der Waals surface area contributed by atoms with E-state index < -0.39 is 11.6 Å². The Labute approximate surface area is 202 Å². The standard InChI is InChI=1S/C24H28N6O3S/c1-23(2,3)33-20(32)15-30-27-21(26-28-30)19-14-25-22(34-19)29-10-8-24(9-11-29)12-16-6-4-5-7-17(16)18(31)13-24/h4-7,14H,8-13,15H2,1-3H3. The van der Waals surface area contributed by atoms with E-state index in [0.29, 0.717) is 12.2 Å². The molecule has 0 amide bonds. The first kappa shape index (κ1) is 22.6. The summed E-state index contributed by atoms with van der Waals surface area (Å²) in [5.41, 5.74) is 1.57. The van der Waals surface area contributed by atoms with E-state index in [9.17, 15) is 9.59 Å². The predicted molar refractivity (Wildman–Crippen MR) is 128 cm³/mol. The second kappa shape index (κ2) is 8.57. The molecule has 34 heavy (non-hydrogen) atoms. The maximum atomic E-state index is 12.7. The summed E-state index contributed by atoms with van der Waals surface area (Å²) in [5, 5.41) is 13.3. The maximum Gasteiger partial charge on any atom is 0.330 e. The quantitative estimate of drug-likeness (QED) is 0.522. The van der Waals surface area contributed by atoms with Crippen LogP contribution >= 0.6 is 11.3 Å². The summed E-state index contributed by atoms with van der Waals surface area (Å²) >= 11 is 1.51. The largest absolute Gasteiger partial charge is 0.459 e. The van der Waals surface area contributed by atoms with Crippen molar-refractivity contribution < 1.29 is 14.3 Å². The zero-order valence-electron chi connectivity index (χ0n) is 19.7. The molecule has 178 valence electrons. The number of ketones is 1. The summed E-state index contributed by atoms with van der Waals surface area (Å²) in [6.07, 6.45) is 5.28. The number of nitrogens with zero attached hydrogens (tertiary/aromatic N) is 6. The third kappa shape index (κ3) is 4.72. The van der Waals surface area contributed by atoms with Gasteiger partial charge < -0.3 is 9.64 Å². The maximum absolute atomic E-state index is 12.7. The number of aromatic nitrogens is 5. The number of hydrogen-bond donors (Lipinski definition) is 0. The molecule has 2 aliphatic rings. The van der Waals surface area contributed by atoms with Crippen molar-refractivity contribution in [1.82, 2.24) is 25.2 Å². The number of esters is 1. The van der Waals surface area contributed by atoms with Gasteiger partial charge in [-0.2, -0.15) is 4.80 Å². The number of benzene rings is 1. The summed E-state index contributed by atoms with van der Waals surface area (Å²) < 4.78 is 5.31. The van der Waals surface area contributed by atoms with Crippen LogP contribution in [0.25, 0.3) is 10.7 Å². The number of tetrazole rings is 1. The number of ether oxygens (including phenoxy) is 1. The van der Waals surface area contributed by atoms with Crippen LogP contribution in [0.1, 0.15) is 56.0 Å². The van der Waals surface area contributed by atoms with Gasteiger partial charge in [0.15, 0.2) is 17.5 Å². The second-order valence-electron chi connectivity index (χ2n) is 10.2. The van der Waals surface area contributed by atoms with Crippen molar-refractivity contribution in [3.63, 3.8) is 0 Å². The van der Waals surface area contributed by atoms with Crippen LogP contribution in [0.4, 0.5) is 5.13 Å². The normalized spacial score (nSPS) is 17.6. The van der Waals surface area contributed by atoms with Crippen molar-refractivity contribution in [2.45, 2.75) is 58.6 Å². The first-order valence-electron chi connectivity index (χ1n) is 11.5. The average Bonchev–Trinajstić information content (AvgIpc) is 3.43. The predicted octanol–water partition coefficient (Wildman–Crippen LogP) is 3.55. The van der Waals surface area contributed by atoms with Gasteiger partial charge in [-0.25, -0.2) is 9.78 Å². The minimum absolute atomic E-state index is 0.0495. The fourth-order valence-electron chi connectivity index (χ4n) is 4.79. The number of rotatable bonds is 4. The fraction of sp³-hybridized carbons (Fsp3) is 0.500. The van der Waals surface area contributed by atoms with Gasteiger partial charge in [-0.05, 0) is 56.2 Å². The van der Waals surface area contributed by atoms with Crippen LogP contribution in [0.2, 0.25) is 0 Å². The number of piperidine rings is 1. The van der Waals surface area contributed by atoms with Crippen molar-refractivity contribution in [2.75, 3.05) is 18.0 Å². The third-order valence-corrected chi connectivity index (χ3v) is 7.42. The van der Waals surface area contributed by atoms with E-state index in [2.05, 4.69) is 31.4 Å². The van der Waals surface area contributed by atoms with Crippen LogP contribution in [0, 0.1) is 5.41 Å². The van der Waals surface area contributed by atoms with Crippen LogP contribution in [0.15, 0.2) is 30.5 Å². The molecule has 3 heterocycles. The van der Waals surface area contributed by atoms with E-state index in [0.717, 1.165) is 47.9 Å². The Balaban J connectivity index is 1.22. The zero-order chi connectivity index (χ0) is 23.9. The van der Waals surface area contributed by atoms with E-state index in [1.54, 1.807) is 6.20 Å². The van der Waals surface area contributed by atoms with E-state index in [4.69, 9.17) is 4.74 Å². The molecule has 1 fully saturated rings. The Morgan fingerprint density at radius 3 is 2.71 bits per heavy atom. The summed E-state index contributed by atoms with van der Waals surface area (Å²) in [6.45, 7) is 7.08. The highest BCUT2D eigenvalue weighted by Crippen LogP contribution is 2.44. The van der Waals surface area contributed by atoms with Crippen LogP contribution in [-0.2, 0) is 22.5 Å². The molecule has 0 bridgehead atoms. The first-order chi connectivity index (χ1) is 16.2. The van der Waals surface area contributed by atoms with Gasteiger partial charge in [0.25, 0.3) is 0 Å². The summed E-state index contributed by atoms with van der Waals surface area (Å²) in [4.78, 5) is 33.6. The molecule has 0 saturated carbocycles. The Morgan fingerprint density at radius 1 is 1.18 bits per heavy atom. The lowest BCUT2D eigenvalue weighted by Crippen LogP contribution is -2.44. The van der Waals surface area contributed by atoms with Crippen molar-refractivity contribution >= 4 is 28.2 Å². The SMILES string of the molecule is CC(C)(C)OC(=O)Cn1nnc(-c2cnc(N3CCC4(CC3)CC(=O)c3ccccc3C4)s2)n1.